The van der Waals surface area contributed by atoms with Gasteiger partial charge in [0.1, 0.15) is 5.82 Å². The first-order valence-electron chi connectivity index (χ1n) is 9.61. The van der Waals surface area contributed by atoms with Crippen LogP contribution in [0.15, 0.2) is 36.5 Å². The van der Waals surface area contributed by atoms with E-state index in [2.05, 4.69) is 54.2 Å². The summed E-state index contributed by atoms with van der Waals surface area (Å²) in [6.45, 7) is 8.26. The van der Waals surface area contributed by atoms with Crippen molar-refractivity contribution in [1.29, 1.82) is 0 Å². The predicted molar refractivity (Wildman–Crippen MR) is 107 cm³/mol. The topological polar surface area (TPSA) is 45.2 Å². The molecule has 1 saturated heterocycles. The molecule has 1 aromatic carbocycles. The summed E-state index contributed by atoms with van der Waals surface area (Å²) < 4.78 is 0. The molecule has 0 aliphatic carbocycles. The van der Waals surface area contributed by atoms with Gasteiger partial charge in [-0.15, -0.1) is 0 Å². The van der Waals surface area contributed by atoms with Crippen molar-refractivity contribution in [3.05, 3.63) is 58.8 Å². The lowest BCUT2D eigenvalue weighted by Crippen LogP contribution is -2.37. The van der Waals surface area contributed by atoms with Crippen molar-refractivity contribution in [2.75, 3.05) is 18.0 Å². The van der Waals surface area contributed by atoms with Crippen LogP contribution in [0.25, 0.3) is 0 Å². The summed E-state index contributed by atoms with van der Waals surface area (Å²) in [5, 5.41) is 3.16. The summed E-state index contributed by atoms with van der Waals surface area (Å²) in [4.78, 5) is 19.6. The molecule has 1 N–H and O–H groups in total. The number of amides is 1. The second-order valence-corrected chi connectivity index (χ2v) is 7.43. The van der Waals surface area contributed by atoms with E-state index < -0.39 is 0 Å². The fourth-order valence-corrected chi connectivity index (χ4v) is 3.69. The first-order valence-corrected chi connectivity index (χ1v) is 9.61. The number of hydrogen-bond donors (Lipinski definition) is 1. The van der Waals surface area contributed by atoms with Crippen LogP contribution < -0.4 is 10.2 Å². The number of rotatable bonds is 5. The fourth-order valence-electron chi connectivity index (χ4n) is 3.69. The van der Waals surface area contributed by atoms with E-state index in [-0.39, 0.29) is 11.9 Å². The summed E-state index contributed by atoms with van der Waals surface area (Å²) in [6.07, 6.45) is 6.20. The number of aryl methyl sites for hydroxylation is 2. The molecule has 2 aromatic rings. The van der Waals surface area contributed by atoms with E-state index in [0.717, 1.165) is 25.3 Å². The molecule has 0 saturated carbocycles. The van der Waals surface area contributed by atoms with Crippen LogP contribution in [0, 0.1) is 13.8 Å². The third kappa shape index (κ3) is 4.43. The van der Waals surface area contributed by atoms with Crippen molar-refractivity contribution in [2.45, 2.75) is 52.5 Å². The fraction of sp³-hybridized carbons (Fsp3) is 0.455. The maximum atomic E-state index is 12.9. The molecule has 0 bridgehead atoms. The van der Waals surface area contributed by atoms with Gasteiger partial charge in [0, 0.05) is 25.3 Å². The number of nitrogens with one attached hydrogen (secondary N) is 1. The Hall–Kier alpha value is -2.36. The van der Waals surface area contributed by atoms with Crippen LogP contribution in [0.4, 0.5) is 5.82 Å². The minimum absolute atomic E-state index is 0.0315. The van der Waals surface area contributed by atoms with E-state index in [1.807, 2.05) is 12.1 Å². The van der Waals surface area contributed by atoms with Crippen molar-refractivity contribution < 1.29 is 4.79 Å². The molecular weight excluding hydrogens is 322 g/mol. The third-order valence-electron chi connectivity index (χ3n) is 5.09. The maximum absolute atomic E-state index is 12.9. The summed E-state index contributed by atoms with van der Waals surface area (Å²) in [7, 11) is 0. The van der Waals surface area contributed by atoms with Crippen LogP contribution in [-0.2, 0) is 6.42 Å². The van der Waals surface area contributed by atoms with Crippen LogP contribution in [0.3, 0.4) is 0 Å². The molecule has 3 rings (SSSR count). The van der Waals surface area contributed by atoms with Crippen LogP contribution in [0.2, 0.25) is 0 Å². The molecular formula is C22H29N3O. The van der Waals surface area contributed by atoms with Crippen LogP contribution in [0.1, 0.15) is 53.2 Å². The molecule has 2 heterocycles. The van der Waals surface area contributed by atoms with E-state index in [1.165, 1.54) is 36.0 Å². The molecule has 1 atom stereocenters. The Bertz CT molecular complexity index is 766. The van der Waals surface area contributed by atoms with E-state index in [1.54, 1.807) is 6.20 Å². The zero-order valence-electron chi connectivity index (χ0n) is 16.1. The van der Waals surface area contributed by atoms with Gasteiger partial charge >= 0.3 is 0 Å². The smallest absolute Gasteiger partial charge is 0.255 e. The highest BCUT2D eigenvalue weighted by atomic mass is 16.1. The highest BCUT2D eigenvalue weighted by Gasteiger charge is 2.20. The number of nitrogens with zero attached hydrogens (tertiary/aromatic N) is 2. The Morgan fingerprint density at radius 3 is 2.69 bits per heavy atom. The lowest BCUT2D eigenvalue weighted by atomic mass is 10.00. The Morgan fingerprint density at radius 1 is 1.19 bits per heavy atom. The monoisotopic (exact) mass is 351 g/mol. The molecule has 0 spiro atoms. The molecule has 4 heteroatoms. The minimum atomic E-state index is -0.0315. The summed E-state index contributed by atoms with van der Waals surface area (Å²) in [5.41, 5.74) is 4.51. The number of benzene rings is 1. The number of piperidine rings is 1. The van der Waals surface area contributed by atoms with Crippen molar-refractivity contribution in [1.82, 2.24) is 10.3 Å². The van der Waals surface area contributed by atoms with Crippen LogP contribution in [0.5, 0.6) is 0 Å². The normalized spacial score (nSPS) is 15.6. The van der Waals surface area contributed by atoms with Gasteiger partial charge in [-0.2, -0.15) is 0 Å². The molecule has 4 nitrogen and oxygen atoms in total. The molecule has 0 radical (unpaired) electrons. The summed E-state index contributed by atoms with van der Waals surface area (Å²) in [6, 6.07) is 10.3. The van der Waals surface area contributed by atoms with Crippen LogP contribution >= 0.6 is 0 Å². The minimum Gasteiger partial charge on any atom is -0.356 e. The van der Waals surface area contributed by atoms with Gasteiger partial charge in [-0.3, -0.25) is 4.79 Å². The number of hydrogen-bond acceptors (Lipinski definition) is 3. The molecule has 1 amide bonds. The second-order valence-electron chi connectivity index (χ2n) is 7.43. The Balaban J connectivity index is 1.69. The summed E-state index contributed by atoms with van der Waals surface area (Å²) in [5.74, 6) is 0.791. The zero-order chi connectivity index (χ0) is 18.5. The average molecular weight is 351 g/mol. The van der Waals surface area contributed by atoms with Gasteiger partial charge in [0.2, 0.25) is 0 Å². The van der Waals surface area contributed by atoms with Crippen LogP contribution in [-0.4, -0.2) is 30.0 Å². The quantitative estimate of drug-likeness (QED) is 0.884. The first kappa shape index (κ1) is 18.4. The standard InChI is InChI=1S/C22H29N3O/c1-16-9-10-19(17(2)14-16)15-18(3)24-22(26)20-8-7-11-23-21(20)25-12-5-4-6-13-25/h7-11,14,18H,4-6,12-13,15H2,1-3H3,(H,24,26). The average Bonchev–Trinajstić information content (AvgIpc) is 2.65. The number of aromatic nitrogens is 1. The van der Waals surface area contributed by atoms with Crippen molar-refractivity contribution in [3.63, 3.8) is 0 Å². The van der Waals surface area contributed by atoms with E-state index >= 15 is 0 Å². The molecule has 1 aromatic heterocycles. The summed E-state index contributed by atoms with van der Waals surface area (Å²) >= 11 is 0. The SMILES string of the molecule is Cc1ccc(CC(C)NC(=O)c2cccnc2N2CCCCC2)c(C)c1. The maximum Gasteiger partial charge on any atom is 0.255 e. The number of pyridine rings is 1. The zero-order valence-corrected chi connectivity index (χ0v) is 16.1. The lowest BCUT2D eigenvalue weighted by Gasteiger charge is -2.29. The Kier molecular flexibility index (Phi) is 5.92. The number of carbonyl (C=O) groups excluding carboxylic acids is 1. The molecule has 26 heavy (non-hydrogen) atoms. The Morgan fingerprint density at radius 2 is 1.96 bits per heavy atom. The van der Waals surface area contributed by atoms with Crippen molar-refractivity contribution in [2.24, 2.45) is 0 Å². The second kappa shape index (κ2) is 8.35. The number of carbonyl (C=O) groups is 1. The molecule has 1 fully saturated rings. The van der Waals surface area contributed by atoms with Crippen molar-refractivity contribution >= 4 is 11.7 Å². The highest BCUT2D eigenvalue weighted by molar-refractivity contribution is 5.99. The van der Waals surface area contributed by atoms with Gasteiger partial charge in [0.05, 0.1) is 5.56 Å². The van der Waals surface area contributed by atoms with Gasteiger partial charge in [0.25, 0.3) is 5.91 Å². The molecule has 138 valence electrons. The van der Waals surface area contributed by atoms with Gasteiger partial charge < -0.3 is 10.2 Å². The number of anilines is 1. The largest absolute Gasteiger partial charge is 0.356 e. The molecule has 1 aliphatic heterocycles. The Labute approximate surface area is 156 Å². The van der Waals surface area contributed by atoms with Gasteiger partial charge in [-0.1, -0.05) is 23.8 Å². The predicted octanol–water partition coefficient (Wildman–Crippen LogP) is 4.05. The first-order chi connectivity index (χ1) is 12.5. The molecule has 1 unspecified atom stereocenters. The van der Waals surface area contributed by atoms with E-state index in [4.69, 9.17) is 0 Å². The van der Waals surface area contributed by atoms with Gasteiger partial charge in [-0.25, -0.2) is 4.98 Å². The van der Waals surface area contributed by atoms with Crippen molar-refractivity contribution in [3.8, 4) is 0 Å². The van der Waals surface area contributed by atoms with Gasteiger partial charge in [0.15, 0.2) is 0 Å². The lowest BCUT2D eigenvalue weighted by molar-refractivity contribution is 0.0940. The molecule has 1 aliphatic rings. The highest BCUT2D eigenvalue weighted by Crippen LogP contribution is 2.22. The third-order valence-corrected chi connectivity index (χ3v) is 5.09. The van der Waals surface area contributed by atoms with E-state index in [0.29, 0.717) is 5.56 Å². The van der Waals surface area contributed by atoms with Gasteiger partial charge in [-0.05, 0) is 69.7 Å². The van der Waals surface area contributed by atoms with E-state index in [9.17, 15) is 4.79 Å².